The monoisotopic (exact) mass is 368 g/mol. The van der Waals surface area contributed by atoms with Crippen molar-refractivity contribution < 1.29 is 23.9 Å². The molecule has 0 fully saturated rings. The van der Waals surface area contributed by atoms with Crippen LogP contribution in [0.25, 0.3) is 0 Å². The molecule has 0 aliphatic heterocycles. The van der Waals surface area contributed by atoms with E-state index in [9.17, 15) is 19.2 Å². The number of amides is 2. The maximum Gasteiger partial charge on any atom is 0.306 e. The van der Waals surface area contributed by atoms with E-state index in [1.807, 2.05) is 0 Å². The van der Waals surface area contributed by atoms with Crippen LogP contribution in [0.1, 0.15) is 40.0 Å². The third-order valence-corrected chi connectivity index (χ3v) is 3.60. The molecular formula is C20H20N2O5. The maximum atomic E-state index is 11.8. The number of esters is 1. The quantitative estimate of drug-likeness (QED) is 0.422. The average Bonchev–Trinajstić information content (AvgIpc) is 2.71. The van der Waals surface area contributed by atoms with Crippen LogP contribution in [0.3, 0.4) is 0 Å². The molecule has 0 aliphatic carbocycles. The summed E-state index contributed by atoms with van der Waals surface area (Å²) < 4.78 is 4.91. The fraction of sp³-hybridized carbons (Fsp3) is 0.200. The zero-order valence-corrected chi connectivity index (χ0v) is 14.6. The van der Waals surface area contributed by atoms with E-state index in [2.05, 4.69) is 10.9 Å². The van der Waals surface area contributed by atoms with Gasteiger partial charge in [-0.15, -0.1) is 0 Å². The zero-order chi connectivity index (χ0) is 19.5. The molecule has 2 aromatic rings. The van der Waals surface area contributed by atoms with Crippen LogP contribution >= 0.6 is 0 Å². The van der Waals surface area contributed by atoms with Crippen molar-refractivity contribution in [3.8, 4) is 0 Å². The molecule has 7 nitrogen and oxygen atoms in total. The van der Waals surface area contributed by atoms with E-state index in [0.717, 1.165) is 0 Å². The normalized spacial score (nSPS) is 9.93. The second kappa shape index (κ2) is 10.5. The second-order valence-corrected chi connectivity index (χ2v) is 5.67. The number of nitrogens with one attached hydrogen (secondary N) is 2. The fourth-order valence-electron chi connectivity index (χ4n) is 2.17. The molecule has 0 heterocycles. The summed E-state index contributed by atoms with van der Waals surface area (Å²) in [5.74, 6) is -1.69. The first-order valence-corrected chi connectivity index (χ1v) is 8.44. The first-order valence-electron chi connectivity index (χ1n) is 8.44. The van der Waals surface area contributed by atoms with E-state index < -0.39 is 17.8 Å². The van der Waals surface area contributed by atoms with Crippen LogP contribution < -0.4 is 10.9 Å². The lowest BCUT2D eigenvalue weighted by Crippen LogP contribution is -2.41. The third kappa shape index (κ3) is 7.11. The molecule has 2 rings (SSSR count). The minimum absolute atomic E-state index is 0.00210. The predicted octanol–water partition coefficient (Wildman–Crippen LogP) is 2.04. The zero-order valence-electron chi connectivity index (χ0n) is 14.6. The number of rotatable bonds is 8. The fourth-order valence-corrected chi connectivity index (χ4v) is 2.17. The van der Waals surface area contributed by atoms with Crippen molar-refractivity contribution >= 4 is 23.6 Å². The summed E-state index contributed by atoms with van der Waals surface area (Å²) in [4.78, 5) is 46.9. The number of hydrogen-bond donors (Lipinski definition) is 2. The molecule has 0 aromatic heterocycles. The van der Waals surface area contributed by atoms with Crippen molar-refractivity contribution in [2.75, 3.05) is 6.61 Å². The molecule has 7 heteroatoms. The molecule has 0 saturated heterocycles. The molecule has 2 N–H and O–H groups in total. The molecule has 2 aromatic carbocycles. The van der Waals surface area contributed by atoms with Crippen molar-refractivity contribution in [1.29, 1.82) is 0 Å². The summed E-state index contributed by atoms with van der Waals surface area (Å²) in [6.07, 6.45) is 0.282. The summed E-state index contributed by atoms with van der Waals surface area (Å²) in [5, 5.41) is 0. The van der Waals surface area contributed by atoms with Gasteiger partial charge in [-0.25, -0.2) is 0 Å². The first-order chi connectivity index (χ1) is 13.1. The summed E-state index contributed by atoms with van der Waals surface area (Å²) in [7, 11) is 0. The van der Waals surface area contributed by atoms with E-state index in [1.54, 1.807) is 60.7 Å². The van der Waals surface area contributed by atoms with Crippen molar-refractivity contribution in [1.82, 2.24) is 10.9 Å². The standard InChI is InChI=1S/C20H20N2O5/c23-17(15-8-3-1-4-9-15)14-27-19(25)13-7-12-18(24)21-22-20(26)16-10-5-2-6-11-16/h1-6,8-11H,7,12-14H2,(H,21,24)(H,22,26). The Balaban J connectivity index is 1.59. The highest BCUT2D eigenvalue weighted by atomic mass is 16.5. The number of carbonyl (C=O) groups is 4. The maximum absolute atomic E-state index is 11.8. The molecular weight excluding hydrogens is 348 g/mol. The van der Waals surface area contributed by atoms with Gasteiger partial charge in [-0.1, -0.05) is 48.5 Å². The first kappa shape index (κ1) is 19.8. The van der Waals surface area contributed by atoms with Crippen molar-refractivity contribution in [3.05, 3.63) is 71.8 Å². The Kier molecular flexibility index (Phi) is 7.71. The lowest BCUT2D eigenvalue weighted by Gasteiger charge is -2.07. The Hall–Kier alpha value is -3.48. The van der Waals surface area contributed by atoms with Crippen molar-refractivity contribution in [2.45, 2.75) is 19.3 Å². The van der Waals surface area contributed by atoms with Gasteiger partial charge in [-0.3, -0.25) is 30.0 Å². The van der Waals surface area contributed by atoms with Gasteiger partial charge in [0.25, 0.3) is 5.91 Å². The number of hydrazine groups is 1. The highest BCUT2D eigenvalue weighted by Gasteiger charge is 2.11. The predicted molar refractivity (Wildman–Crippen MR) is 97.6 cm³/mol. The molecule has 0 saturated carbocycles. The van der Waals surface area contributed by atoms with E-state index in [-0.39, 0.29) is 31.7 Å². The number of ether oxygens (including phenoxy) is 1. The van der Waals surface area contributed by atoms with Gasteiger partial charge in [0.2, 0.25) is 5.91 Å². The van der Waals surface area contributed by atoms with Crippen LogP contribution in [0.5, 0.6) is 0 Å². The number of carbonyl (C=O) groups excluding carboxylic acids is 4. The van der Waals surface area contributed by atoms with E-state index in [4.69, 9.17) is 4.74 Å². The van der Waals surface area contributed by atoms with Crippen LogP contribution in [-0.4, -0.2) is 30.2 Å². The average molecular weight is 368 g/mol. The van der Waals surface area contributed by atoms with Crippen LogP contribution in [0.4, 0.5) is 0 Å². The van der Waals surface area contributed by atoms with Crippen LogP contribution in [0.2, 0.25) is 0 Å². The van der Waals surface area contributed by atoms with Gasteiger partial charge in [0, 0.05) is 24.0 Å². The Morgan fingerprint density at radius 3 is 1.96 bits per heavy atom. The molecule has 27 heavy (non-hydrogen) atoms. The topological polar surface area (TPSA) is 102 Å². The van der Waals surface area contributed by atoms with Gasteiger partial charge in [0.1, 0.15) is 0 Å². The number of ketones is 1. The minimum Gasteiger partial charge on any atom is -0.457 e. The molecule has 0 unspecified atom stereocenters. The van der Waals surface area contributed by atoms with Crippen molar-refractivity contribution in [3.63, 3.8) is 0 Å². The Bertz CT molecular complexity index is 723. The third-order valence-electron chi connectivity index (χ3n) is 3.60. The van der Waals surface area contributed by atoms with Crippen LogP contribution in [0, 0.1) is 0 Å². The highest BCUT2D eigenvalue weighted by molar-refractivity contribution is 5.98. The van der Waals surface area contributed by atoms with Crippen LogP contribution in [0.15, 0.2) is 60.7 Å². The van der Waals surface area contributed by atoms with E-state index >= 15 is 0 Å². The molecule has 0 spiro atoms. The lowest BCUT2D eigenvalue weighted by atomic mass is 10.1. The molecule has 0 radical (unpaired) electrons. The largest absolute Gasteiger partial charge is 0.457 e. The van der Waals surface area contributed by atoms with Crippen LogP contribution in [-0.2, 0) is 14.3 Å². The van der Waals surface area contributed by atoms with Gasteiger partial charge in [-0.05, 0) is 18.6 Å². The minimum atomic E-state index is -0.555. The summed E-state index contributed by atoms with van der Waals surface area (Å²) in [6, 6.07) is 17.0. The molecule has 2 amide bonds. The number of Topliss-reactive ketones (excluding diaryl/α,β-unsaturated/α-hetero) is 1. The second-order valence-electron chi connectivity index (χ2n) is 5.67. The number of benzene rings is 2. The lowest BCUT2D eigenvalue weighted by molar-refractivity contribution is -0.142. The van der Waals surface area contributed by atoms with Gasteiger partial charge < -0.3 is 4.74 Å². The highest BCUT2D eigenvalue weighted by Crippen LogP contribution is 2.03. The van der Waals surface area contributed by atoms with Gasteiger partial charge in [0.05, 0.1) is 0 Å². The Morgan fingerprint density at radius 1 is 0.741 bits per heavy atom. The number of hydrogen-bond acceptors (Lipinski definition) is 5. The Labute approximate surface area is 156 Å². The molecule has 0 atom stereocenters. The summed E-state index contributed by atoms with van der Waals surface area (Å²) in [5.41, 5.74) is 5.47. The SMILES string of the molecule is O=C(CCCC(=O)OCC(=O)c1ccccc1)NNC(=O)c1ccccc1. The van der Waals surface area contributed by atoms with Gasteiger partial charge in [-0.2, -0.15) is 0 Å². The molecule has 0 aliphatic rings. The smallest absolute Gasteiger partial charge is 0.306 e. The van der Waals surface area contributed by atoms with E-state index in [1.165, 1.54) is 0 Å². The molecule has 140 valence electrons. The van der Waals surface area contributed by atoms with Gasteiger partial charge in [0.15, 0.2) is 12.4 Å². The summed E-state index contributed by atoms with van der Waals surface area (Å²) >= 11 is 0. The summed E-state index contributed by atoms with van der Waals surface area (Å²) in [6.45, 7) is -0.331. The molecule has 0 bridgehead atoms. The van der Waals surface area contributed by atoms with Gasteiger partial charge >= 0.3 is 5.97 Å². The van der Waals surface area contributed by atoms with E-state index in [0.29, 0.717) is 11.1 Å². The Morgan fingerprint density at radius 2 is 1.33 bits per heavy atom. The van der Waals surface area contributed by atoms with Crippen molar-refractivity contribution in [2.24, 2.45) is 0 Å².